The molecule has 9 nitrogen and oxygen atoms in total. The summed E-state index contributed by atoms with van der Waals surface area (Å²) in [6.45, 7) is 6.34. The third-order valence-electron chi connectivity index (χ3n) is 6.83. The lowest BCUT2D eigenvalue weighted by Crippen LogP contribution is -2.61. The summed E-state index contributed by atoms with van der Waals surface area (Å²) in [5.41, 5.74) is 0.666. The van der Waals surface area contributed by atoms with E-state index in [9.17, 15) is 33.3 Å². The molecule has 1 fully saturated rings. The fourth-order valence-corrected chi connectivity index (χ4v) is 4.69. The Labute approximate surface area is 229 Å². The van der Waals surface area contributed by atoms with Crippen molar-refractivity contribution in [2.75, 3.05) is 6.61 Å². The summed E-state index contributed by atoms with van der Waals surface area (Å²) in [6.07, 6.45) is -5.80. The molecule has 0 aliphatic carbocycles. The zero-order valence-electron chi connectivity index (χ0n) is 22.5. The number of Topliss-reactive ketones (excluding diaryl/α,β-unsaturated/α-hetero) is 1. The minimum Gasteiger partial charge on any atom is -0.394 e. The first-order chi connectivity index (χ1) is 18.8. The smallest absolute Gasteiger partial charge is 0.194 e. The van der Waals surface area contributed by atoms with Gasteiger partial charge in [-0.3, -0.25) is 4.79 Å². The number of rotatable bonds is 8. The van der Waals surface area contributed by atoms with Crippen molar-refractivity contribution in [2.24, 2.45) is 5.41 Å². The first-order valence-corrected chi connectivity index (χ1v) is 12.7. The van der Waals surface area contributed by atoms with Crippen LogP contribution in [0.4, 0.5) is 13.2 Å². The van der Waals surface area contributed by atoms with Crippen molar-refractivity contribution in [3.63, 3.8) is 0 Å². The third kappa shape index (κ3) is 6.11. The molecule has 4 rings (SSSR count). The minimum absolute atomic E-state index is 0.0208. The summed E-state index contributed by atoms with van der Waals surface area (Å²) in [5.74, 6) is -4.87. The van der Waals surface area contributed by atoms with Crippen LogP contribution < -0.4 is 0 Å². The first-order valence-electron chi connectivity index (χ1n) is 12.7. The van der Waals surface area contributed by atoms with Crippen LogP contribution in [0.1, 0.15) is 37.9 Å². The van der Waals surface area contributed by atoms with Gasteiger partial charge in [0.05, 0.1) is 19.4 Å². The van der Waals surface area contributed by atoms with Gasteiger partial charge >= 0.3 is 0 Å². The maximum atomic E-state index is 13.8. The summed E-state index contributed by atoms with van der Waals surface area (Å²) in [5, 5.41) is 40.1. The molecule has 0 bridgehead atoms. The molecule has 0 spiro atoms. The van der Waals surface area contributed by atoms with Crippen LogP contribution in [0.25, 0.3) is 11.3 Å². The Bertz CT molecular complexity index is 1340. The number of hydrogen-bond acceptors (Lipinski definition) is 8. The molecule has 0 saturated carbocycles. The highest BCUT2D eigenvalue weighted by molar-refractivity contribution is 5.88. The van der Waals surface area contributed by atoms with E-state index in [1.807, 2.05) is 31.2 Å². The molecule has 2 heterocycles. The zero-order chi connectivity index (χ0) is 29.4. The van der Waals surface area contributed by atoms with Gasteiger partial charge in [0.2, 0.25) is 0 Å². The van der Waals surface area contributed by atoms with E-state index in [1.165, 1.54) is 6.20 Å². The molecule has 40 heavy (non-hydrogen) atoms. The number of ether oxygens (including phenoxy) is 2. The third-order valence-corrected chi connectivity index (χ3v) is 6.83. The molecular formula is C28H32F3N3O6. The lowest BCUT2D eigenvalue weighted by Gasteiger charge is -2.45. The topological polar surface area (TPSA) is 127 Å². The lowest BCUT2D eigenvalue weighted by molar-refractivity contribution is -0.236. The van der Waals surface area contributed by atoms with Gasteiger partial charge < -0.3 is 24.8 Å². The van der Waals surface area contributed by atoms with Gasteiger partial charge in [0.15, 0.2) is 23.2 Å². The average Bonchev–Trinajstić information content (AvgIpc) is 3.37. The molecule has 1 saturated heterocycles. The molecule has 2 aromatic carbocycles. The largest absolute Gasteiger partial charge is 0.394 e. The van der Waals surface area contributed by atoms with Crippen LogP contribution in [0.5, 0.6) is 0 Å². The van der Waals surface area contributed by atoms with Crippen molar-refractivity contribution in [3.05, 3.63) is 71.2 Å². The number of benzene rings is 2. The second kappa shape index (κ2) is 11.8. The Morgan fingerprint density at radius 2 is 1.80 bits per heavy atom. The van der Waals surface area contributed by atoms with E-state index in [4.69, 9.17) is 9.47 Å². The van der Waals surface area contributed by atoms with E-state index in [0.29, 0.717) is 0 Å². The van der Waals surface area contributed by atoms with Crippen LogP contribution in [0, 0.1) is 29.8 Å². The molecule has 2 unspecified atom stereocenters. The first kappa shape index (κ1) is 29.8. The van der Waals surface area contributed by atoms with Crippen molar-refractivity contribution in [3.8, 4) is 11.3 Å². The number of aryl methyl sites for hydroxylation is 1. The van der Waals surface area contributed by atoms with Crippen LogP contribution in [-0.2, 0) is 20.9 Å². The molecule has 1 aromatic heterocycles. The van der Waals surface area contributed by atoms with Gasteiger partial charge in [-0.05, 0) is 24.6 Å². The molecule has 1 aliphatic heterocycles. The summed E-state index contributed by atoms with van der Waals surface area (Å²) >= 11 is 0. The van der Waals surface area contributed by atoms with Crippen molar-refractivity contribution >= 4 is 5.78 Å². The quantitative estimate of drug-likeness (QED) is 0.357. The normalized spacial score (nSPS) is 24.2. The Hall–Kier alpha value is -3.16. The SMILES string of the molecule is Cc1cccc(CO[C@H](C(=O)C(C)(C)C)[C@@H]2OC(CO)[C@H](O)[C@H](n3cc(-c4cc(F)c(F)c(F)c4)nn3)C2O)c1. The number of aromatic nitrogens is 3. The molecule has 12 heteroatoms. The summed E-state index contributed by atoms with van der Waals surface area (Å²) in [6, 6.07) is 7.64. The number of aliphatic hydroxyl groups excluding tert-OH is 3. The van der Waals surface area contributed by atoms with Crippen molar-refractivity contribution in [1.29, 1.82) is 0 Å². The Balaban J connectivity index is 1.68. The van der Waals surface area contributed by atoms with E-state index >= 15 is 0 Å². The molecule has 3 N–H and O–H groups in total. The fraction of sp³-hybridized carbons (Fsp3) is 0.464. The predicted molar refractivity (Wildman–Crippen MR) is 136 cm³/mol. The van der Waals surface area contributed by atoms with E-state index in [0.717, 1.165) is 27.9 Å². The highest BCUT2D eigenvalue weighted by Gasteiger charge is 2.51. The standard InChI is InChI=1S/C28H32F3N3O6/c1-14-6-5-7-15(8-14)13-39-26(27(38)28(2,3)4)25-24(37)22(23(36)20(12-35)40-25)34-11-19(32-33-34)16-9-17(29)21(31)18(30)10-16/h5-11,20,22-26,35-37H,12-13H2,1-4H3/t20?,22-,23-,24?,25+,26-/m0/s1. The Kier molecular flexibility index (Phi) is 8.76. The predicted octanol–water partition coefficient (Wildman–Crippen LogP) is 2.89. The Morgan fingerprint density at radius 3 is 2.40 bits per heavy atom. The number of carbonyl (C=O) groups is 1. The van der Waals surface area contributed by atoms with Crippen LogP contribution >= 0.6 is 0 Å². The molecule has 216 valence electrons. The summed E-state index contributed by atoms with van der Waals surface area (Å²) in [4.78, 5) is 13.5. The number of carbonyl (C=O) groups excluding carboxylic acids is 1. The van der Waals surface area contributed by atoms with Gasteiger partial charge in [-0.25, -0.2) is 17.9 Å². The van der Waals surface area contributed by atoms with Crippen molar-refractivity contribution in [2.45, 2.75) is 70.9 Å². The van der Waals surface area contributed by atoms with Gasteiger partial charge in [-0.1, -0.05) is 55.8 Å². The second-order valence-corrected chi connectivity index (χ2v) is 11.0. The van der Waals surface area contributed by atoms with Crippen LogP contribution in [0.3, 0.4) is 0 Å². The highest BCUT2D eigenvalue weighted by Crippen LogP contribution is 2.35. The number of nitrogens with zero attached hydrogens (tertiary/aromatic N) is 3. The minimum atomic E-state index is -1.64. The Morgan fingerprint density at radius 1 is 1.12 bits per heavy atom. The lowest BCUT2D eigenvalue weighted by atomic mass is 9.81. The summed E-state index contributed by atoms with van der Waals surface area (Å²) < 4.78 is 54.0. The maximum absolute atomic E-state index is 13.8. The van der Waals surface area contributed by atoms with Gasteiger partial charge in [0.25, 0.3) is 0 Å². The van der Waals surface area contributed by atoms with Crippen LogP contribution in [-0.4, -0.2) is 73.2 Å². The van der Waals surface area contributed by atoms with Gasteiger partial charge in [0, 0.05) is 11.0 Å². The van der Waals surface area contributed by atoms with Gasteiger partial charge in [-0.2, -0.15) is 0 Å². The molecular weight excluding hydrogens is 531 g/mol. The monoisotopic (exact) mass is 563 g/mol. The second-order valence-electron chi connectivity index (χ2n) is 11.0. The summed E-state index contributed by atoms with van der Waals surface area (Å²) in [7, 11) is 0. The number of ketones is 1. The number of hydrogen-bond donors (Lipinski definition) is 3. The van der Waals surface area contributed by atoms with E-state index in [-0.39, 0.29) is 23.6 Å². The molecule has 3 aromatic rings. The van der Waals surface area contributed by atoms with Gasteiger partial charge in [0.1, 0.15) is 42.3 Å². The van der Waals surface area contributed by atoms with Gasteiger partial charge in [-0.15, -0.1) is 5.10 Å². The molecule has 6 atom stereocenters. The van der Waals surface area contributed by atoms with E-state index in [1.54, 1.807) is 20.8 Å². The fourth-order valence-electron chi connectivity index (χ4n) is 4.69. The number of halogens is 3. The maximum Gasteiger partial charge on any atom is 0.194 e. The van der Waals surface area contributed by atoms with E-state index < -0.39 is 66.0 Å². The van der Waals surface area contributed by atoms with E-state index in [2.05, 4.69) is 10.3 Å². The van der Waals surface area contributed by atoms with Crippen LogP contribution in [0.2, 0.25) is 0 Å². The average molecular weight is 564 g/mol. The molecule has 0 radical (unpaired) electrons. The molecule has 1 aliphatic rings. The molecule has 0 amide bonds. The highest BCUT2D eigenvalue weighted by atomic mass is 19.2. The van der Waals surface area contributed by atoms with Crippen molar-refractivity contribution in [1.82, 2.24) is 15.0 Å². The van der Waals surface area contributed by atoms with Crippen molar-refractivity contribution < 1.29 is 42.8 Å². The van der Waals surface area contributed by atoms with Crippen LogP contribution in [0.15, 0.2) is 42.6 Å². The zero-order valence-corrected chi connectivity index (χ0v) is 22.5. The number of aliphatic hydroxyl groups is 3.